The van der Waals surface area contributed by atoms with Crippen molar-refractivity contribution in [3.63, 3.8) is 0 Å². The van der Waals surface area contributed by atoms with Crippen LogP contribution in [0, 0.1) is 0 Å². The van der Waals surface area contributed by atoms with Crippen LogP contribution in [-0.4, -0.2) is 65.7 Å². The van der Waals surface area contributed by atoms with E-state index in [1.807, 2.05) is 12.2 Å². The van der Waals surface area contributed by atoms with Gasteiger partial charge in [-0.3, -0.25) is 18.6 Å². The molecular formula is C46H75O10P. The van der Waals surface area contributed by atoms with Gasteiger partial charge in [0.25, 0.3) is 0 Å². The highest BCUT2D eigenvalue weighted by Gasteiger charge is 2.27. The molecule has 0 aromatic rings. The normalized spacial score (nSPS) is 14.8. The van der Waals surface area contributed by atoms with Crippen molar-refractivity contribution in [1.29, 1.82) is 0 Å². The minimum atomic E-state index is -4.65. The van der Waals surface area contributed by atoms with Crippen molar-refractivity contribution in [2.24, 2.45) is 0 Å². The molecule has 0 amide bonds. The number of carbonyl (C=O) groups is 2. The average molecular weight is 819 g/mol. The maximum Gasteiger partial charge on any atom is 0.472 e. The minimum Gasteiger partial charge on any atom is -0.462 e. The van der Waals surface area contributed by atoms with Crippen molar-refractivity contribution in [3.05, 3.63) is 97.2 Å². The summed E-state index contributed by atoms with van der Waals surface area (Å²) in [5.41, 5.74) is 0. The summed E-state index contributed by atoms with van der Waals surface area (Å²) in [6.45, 7) is 2.11. The molecule has 11 heteroatoms. The second kappa shape index (κ2) is 41.1. The molecule has 3 N–H and O–H groups in total. The predicted molar refractivity (Wildman–Crippen MR) is 232 cm³/mol. The Morgan fingerprint density at radius 3 is 1.53 bits per heavy atom. The molecule has 0 rings (SSSR count). The zero-order valence-corrected chi connectivity index (χ0v) is 35.9. The van der Waals surface area contributed by atoms with Crippen LogP contribution >= 0.6 is 7.82 Å². The second-order valence-corrected chi connectivity index (χ2v) is 15.1. The first-order chi connectivity index (χ1) is 27.7. The lowest BCUT2D eigenvalue weighted by atomic mass is 10.1. The highest BCUT2D eigenvalue weighted by molar-refractivity contribution is 7.47. The van der Waals surface area contributed by atoms with E-state index in [1.54, 1.807) is 0 Å². The van der Waals surface area contributed by atoms with Crippen LogP contribution in [-0.2, 0) is 32.7 Å². The molecule has 0 aliphatic carbocycles. The highest BCUT2D eigenvalue weighted by Crippen LogP contribution is 2.43. The molecule has 324 valence electrons. The Morgan fingerprint density at radius 2 is 1.00 bits per heavy atom. The fourth-order valence-corrected chi connectivity index (χ4v) is 5.78. The summed E-state index contributed by atoms with van der Waals surface area (Å²) in [4.78, 5) is 34.9. The van der Waals surface area contributed by atoms with Crippen LogP contribution in [0.1, 0.15) is 142 Å². The van der Waals surface area contributed by atoms with E-state index in [1.165, 1.54) is 19.3 Å². The maximum absolute atomic E-state index is 12.6. The first-order valence-electron chi connectivity index (χ1n) is 21.2. The SMILES string of the molecule is CC/C=C\C/C=C\C/C=C\C/C=C\C/C=C\C/C=C\CCC(=O)OC(COC(=O)CCCCCCC/C=C\C/C=C\CCCCC)COP(=O)(O)OCC(O)CO. The summed E-state index contributed by atoms with van der Waals surface area (Å²) in [6, 6.07) is 0. The van der Waals surface area contributed by atoms with Gasteiger partial charge < -0.3 is 24.6 Å². The Morgan fingerprint density at radius 1 is 0.544 bits per heavy atom. The van der Waals surface area contributed by atoms with Crippen molar-refractivity contribution < 1.29 is 47.8 Å². The summed E-state index contributed by atoms with van der Waals surface area (Å²) in [7, 11) is -4.65. The monoisotopic (exact) mass is 819 g/mol. The van der Waals surface area contributed by atoms with Gasteiger partial charge in [-0.05, 0) is 83.5 Å². The first kappa shape index (κ1) is 53.9. The van der Waals surface area contributed by atoms with E-state index in [0.29, 0.717) is 12.8 Å². The van der Waals surface area contributed by atoms with Crippen molar-refractivity contribution >= 4 is 19.8 Å². The van der Waals surface area contributed by atoms with Crippen LogP contribution in [0.25, 0.3) is 0 Å². The van der Waals surface area contributed by atoms with Crippen molar-refractivity contribution in [2.75, 3.05) is 26.4 Å². The molecule has 0 aliphatic rings. The number of hydrogen-bond acceptors (Lipinski definition) is 9. The zero-order valence-electron chi connectivity index (χ0n) is 35.0. The Balaban J connectivity index is 4.49. The van der Waals surface area contributed by atoms with Crippen LogP contribution in [0.15, 0.2) is 97.2 Å². The predicted octanol–water partition coefficient (Wildman–Crippen LogP) is 11.2. The lowest BCUT2D eigenvalue weighted by Crippen LogP contribution is -2.29. The average Bonchev–Trinajstić information content (AvgIpc) is 3.20. The van der Waals surface area contributed by atoms with Crippen LogP contribution in [0.5, 0.6) is 0 Å². The Hall–Kier alpha value is -3.11. The molecule has 10 nitrogen and oxygen atoms in total. The Kier molecular flexibility index (Phi) is 38.8. The third-order valence-electron chi connectivity index (χ3n) is 8.24. The van der Waals surface area contributed by atoms with Gasteiger partial charge in [0.2, 0.25) is 0 Å². The number of unbranched alkanes of at least 4 members (excludes halogenated alkanes) is 8. The first-order valence-corrected chi connectivity index (χ1v) is 22.7. The number of phosphoric ester groups is 1. The number of rotatable bonds is 38. The summed E-state index contributed by atoms with van der Waals surface area (Å²) < 4.78 is 32.6. The molecule has 3 atom stereocenters. The molecule has 0 fully saturated rings. The summed E-state index contributed by atoms with van der Waals surface area (Å²) >= 11 is 0. The summed E-state index contributed by atoms with van der Waals surface area (Å²) in [6.07, 6.45) is 49.6. The summed E-state index contributed by atoms with van der Waals surface area (Å²) in [5, 5.41) is 18.3. The smallest absolute Gasteiger partial charge is 0.462 e. The molecule has 0 radical (unpaired) electrons. The van der Waals surface area contributed by atoms with E-state index in [0.717, 1.165) is 83.5 Å². The quantitative estimate of drug-likeness (QED) is 0.0238. The fourth-order valence-electron chi connectivity index (χ4n) is 4.99. The number of ether oxygens (including phenoxy) is 2. The Labute approximate surface area is 344 Å². The molecule has 57 heavy (non-hydrogen) atoms. The molecule has 0 aliphatic heterocycles. The fraction of sp³-hybridized carbons (Fsp3) is 0.609. The number of allylic oxidation sites excluding steroid dienone is 16. The molecule has 3 unspecified atom stereocenters. The third-order valence-corrected chi connectivity index (χ3v) is 9.19. The minimum absolute atomic E-state index is 0.0502. The van der Waals surface area contributed by atoms with E-state index >= 15 is 0 Å². The van der Waals surface area contributed by atoms with E-state index in [4.69, 9.17) is 19.1 Å². The third kappa shape index (κ3) is 40.9. The molecule has 0 heterocycles. The van der Waals surface area contributed by atoms with E-state index in [2.05, 4.69) is 103 Å². The number of aliphatic hydroxyl groups excluding tert-OH is 2. The van der Waals surface area contributed by atoms with Crippen molar-refractivity contribution in [3.8, 4) is 0 Å². The maximum atomic E-state index is 12.6. The number of carbonyl (C=O) groups excluding carboxylic acids is 2. The number of esters is 2. The molecule has 0 saturated heterocycles. The van der Waals surface area contributed by atoms with E-state index in [-0.39, 0.29) is 19.4 Å². The molecule has 0 aromatic heterocycles. The molecular weight excluding hydrogens is 743 g/mol. The van der Waals surface area contributed by atoms with Gasteiger partial charge >= 0.3 is 19.8 Å². The van der Waals surface area contributed by atoms with Gasteiger partial charge in [-0.2, -0.15) is 0 Å². The van der Waals surface area contributed by atoms with Crippen LogP contribution in [0.3, 0.4) is 0 Å². The van der Waals surface area contributed by atoms with Gasteiger partial charge in [0.1, 0.15) is 12.7 Å². The van der Waals surface area contributed by atoms with Crippen LogP contribution < -0.4 is 0 Å². The van der Waals surface area contributed by atoms with Gasteiger partial charge in [-0.25, -0.2) is 4.57 Å². The zero-order chi connectivity index (χ0) is 41.9. The van der Waals surface area contributed by atoms with Gasteiger partial charge in [0, 0.05) is 12.8 Å². The van der Waals surface area contributed by atoms with Crippen molar-refractivity contribution in [2.45, 2.75) is 154 Å². The number of phosphoric acid groups is 1. The van der Waals surface area contributed by atoms with Crippen LogP contribution in [0.4, 0.5) is 0 Å². The topological polar surface area (TPSA) is 149 Å². The molecule has 0 saturated carbocycles. The van der Waals surface area contributed by atoms with E-state index < -0.39 is 51.8 Å². The van der Waals surface area contributed by atoms with E-state index in [9.17, 15) is 24.2 Å². The second-order valence-electron chi connectivity index (χ2n) is 13.6. The number of hydrogen-bond donors (Lipinski definition) is 3. The lowest BCUT2D eigenvalue weighted by Gasteiger charge is -2.20. The van der Waals surface area contributed by atoms with Gasteiger partial charge in [0.15, 0.2) is 6.10 Å². The highest BCUT2D eigenvalue weighted by atomic mass is 31.2. The lowest BCUT2D eigenvalue weighted by molar-refractivity contribution is -0.161. The van der Waals surface area contributed by atoms with Crippen LogP contribution in [0.2, 0.25) is 0 Å². The van der Waals surface area contributed by atoms with Gasteiger partial charge in [0.05, 0.1) is 19.8 Å². The molecule has 0 bridgehead atoms. The molecule has 0 aromatic carbocycles. The van der Waals surface area contributed by atoms with Gasteiger partial charge in [-0.1, -0.05) is 143 Å². The largest absolute Gasteiger partial charge is 0.472 e. The summed E-state index contributed by atoms with van der Waals surface area (Å²) in [5.74, 6) is -1.05. The molecule has 0 spiro atoms. The standard InChI is InChI=1S/C46H75O10P/c1-3-5-7-9-11-13-15-17-19-20-21-22-24-26-28-30-32-34-36-38-46(50)56-44(42-55-57(51,52)54-40-43(48)39-47)41-53-45(49)37-35-33-31-29-27-25-23-18-16-14-12-10-8-6-4-2/h5,7,11-14,17-19,21-23,26,28,32,34,43-44,47-48H,3-4,6,8-10,15-16,20,24-25,27,29-31,33,35-42H2,1-2H3,(H,51,52)/b7-5-,13-11-,14-12-,19-17-,22-21-,23-18-,28-26-,34-32-. The van der Waals surface area contributed by atoms with Crippen molar-refractivity contribution in [1.82, 2.24) is 0 Å². The Bertz CT molecular complexity index is 1260. The van der Waals surface area contributed by atoms with Gasteiger partial charge in [-0.15, -0.1) is 0 Å². The number of aliphatic hydroxyl groups is 2.